The first-order valence-electron chi connectivity index (χ1n) is 5.00. The van der Waals surface area contributed by atoms with Gasteiger partial charge in [-0.05, 0) is 6.92 Å². The topological polar surface area (TPSA) is 107 Å². The Kier molecular flexibility index (Phi) is 3.03. The summed E-state index contributed by atoms with van der Waals surface area (Å²) in [4.78, 5) is 18.6. The molecule has 0 aliphatic carbocycles. The second kappa shape index (κ2) is 4.64. The van der Waals surface area contributed by atoms with Crippen LogP contribution in [0.5, 0.6) is 0 Å². The first-order valence-corrected chi connectivity index (χ1v) is 5.00. The van der Waals surface area contributed by atoms with Crippen molar-refractivity contribution in [1.29, 1.82) is 0 Å². The maximum Gasteiger partial charge on any atom is 0.404 e. The molecule has 1 amide bonds. The predicted molar refractivity (Wildman–Crippen MR) is 59.5 cm³/mol. The first kappa shape index (κ1) is 11.1. The SMILES string of the molecule is Cc1cc(NCCOC(N)=O)n2ncnc2n1. The van der Waals surface area contributed by atoms with Crippen molar-refractivity contribution in [2.75, 3.05) is 18.5 Å². The van der Waals surface area contributed by atoms with E-state index in [-0.39, 0.29) is 6.61 Å². The maximum absolute atomic E-state index is 10.4. The molecule has 0 bridgehead atoms. The number of rotatable bonds is 4. The number of nitrogens with one attached hydrogen (secondary N) is 1. The summed E-state index contributed by atoms with van der Waals surface area (Å²) in [6, 6.07) is 1.83. The van der Waals surface area contributed by atoms with Gasteiger partial charge in [-0.15, -0.1) is 0 Å². The van der Waals surface area contributed by atoms with Crippen molar-refractivity contribution in [2.45, 2.75) is 6.92 Å². The third kappa shape index (κ3) is 2.60. The monoisotopic (exact) mass is 236 g/mol. The number of carbonyl (C=O) groups excluding carboxylic acids is 1. The highest BCUT2D eigenvalue weighted by atomic mass is 16.5. The van der Waals surface area contributed by atoms with Gasteiger partial charge in [-0.1, -0.05) is 0 Å². The molecule has 2 aromatic rings. The van der Waals surface area contributed by atoms with Gasteiger partial charge in [0.1, 0.15) is 18.8 Å². The van der Waals surface area contributed by atoms with Crippen LogP contribution in [0.1, 0.15) is 5.69 Å². The summed E-state index contributed by atoms with van der Waals surface area (Å²) in [7, 11) is 0. The van der Waals surface area contributed by atoms with E-state index in [4.69, 9.17) is 5.73 Å². The Labute approximate surface area is 96.8 Å². The lowest BCUT2D eigenvalue weighted by molar-refractivity contribution is 0.161. The molecular weight excluding hydrogens is 224 g/mol. The summed E-state index contributed by atoms with van der Waals surface area (Å²) in [5.41, 5.74) is 5.67. The standard InChI is InChI=1S/C9H12N6O2/c1-6-4-7(11-2-3-17-8(10)16)15-9(14-6)12-5-13-15/h4-5,11H,2-3H2,1H3,(H2,10,16). The third-order valence-electron chi connectivity index (χ3n) is 2.03. The molecule has 8 nitrogen and oxygen atoms in total. The molecule has 2 rings (SSSR count). The van der Waals surface area contributed by atoms with Crippen LogP contribution >= 0.6 is 0 Å². The zero-order chi connectivity index (χ0) is 12.3. The average molecular weight is 236 g/mol. The molecule has 0 aliphatic rings. The number of anilines is 1. The minimum absolute atomic E-state index is 0.187. The van der Waals surface area contributed by atoms with E-state index in [1.807, 2.05) is 13.0 Å². The van der Waals surface area contributed by atoms with Gasteiger partial charge in [0.25, 0.3) is 5.78 Å². The second-order valence-corrected chi connectivity index (χ2v) is 3.35. The van der Waals surface area contributed by atoms with Crippen LogP contribution < -0.4 is 11.1 Å². The summed E-state index contributed by atoms with van der Waals surface area (Å²) in [6.07, 6.45) is 0.635. The summed E-state index contributed by atoms with van der Waals surface area (Å²) in [5, 5.41) is 7.08. The van der Waals surface area contributed by atoms with Crippen LogP contribution in [-0.4, -0.2) is 38.8 Å². The quantitative estimate of drug-likeness (QED) is 0.720. The fourth-order valence-electron chi connectivity index (χ4n) is 1.39. The van der Waals surface area contributed by atoms with Gasteiger partial charge in [-0.25, -0.2) is 9.78 Å². The molecule has 0 radical (unpaired) electrons. The molecular formula is C9H12N6O2. The van der Waals surface area contributed by atoms with Gasteiger partial charge in [0.05, 0.1) is 6.54 Å². The number of fused-ring (bicyclic) bond motifs is 1. The Morgan fingerprint density at radius 2 is 2.47 bits per heavy atom. The molecule has 17 heavy (non-hydrogen) atoms. The number of aromatic nitrogens is 4. The first-order chi connectivity index (χ1) is 8.16. The smallest absolute Gasteiger partial charge is 0.404 e. The number of amides is 1. The van der Waals surface area contributed by atoms with Gasteiger partial charge >= 0.3 is 6.09 Å². The Hall–Kier alpha value is -2.38. The average Bonchev–Trinajstić information content (AvgIpc) is 2.71. The van der Waals surface area contributed by atoms with Crippen LogP contribution in [0.15, 0.2) is 12.4 Å². The van der Waals surface area contributed by atoms with Crippen molar-refractivity contribution in [3.8, 4) is 0 Å². The van der Waals surface area contributed by atoms with Crippen molar-refractivity contribution >= 4 is 17.7 Å². The van der Waals surface area contributed by atoms with E-state index in [2.05, 4.69) is 25.1 Å². The fourth-order valence-corrected chi connectivity index (χ4v) is 1.39. The minimum Gasteiger partial charge on any atom is -0.448 e. The van der Waals surface area contributed by atoms with Gasteiger partial charge in [-0.3, -0.25) is 0 Å². The van der Waals surface area contributed by atoms with E-state index in [1.54, 1.807) is 4.52 Å². The van der Waals surface area contributed by atoms with Gasteiger partial charge < -0.3 is 15.8 Å². The van der Waals surface area contributed by atoms with Crippen molar-refractivity contribution < 1.29 is 9.53 Å². The lowest BCUT2D eigenvalue weighted by atomic mass is 10.4. The molecule has 0 aromatic carbocycles. The number of hydrogen-bond donors (Lipinski definition) is 2. The predicted octanol–water partition coefficient (Wildman–Crippen LogP) is -0.0601. The van der Waals surface area contributed by atoms with Gasteiger partial charge in [0, 0.05) is 11.8 Å². The number of nitrogens with two attached hydrogens (primary N) is 1. The van der Waals surface area contributed by atoms with E-state index in [1.165, 1.54) is 6.33 Å². The van der Waals surface area contributed by atoms with Crippen molar-refractivity contribution in [3.63, 3.8) is 0 Å². The van der Waals surface area contributed by atoms with Crippen molar-refractivity contribution in [2.24, 2.45) is 5.73 Å². The number of carbonyl (C=O) groups is 1. The van der Waals surface area contributed by atoms with Gasteiger partial charge in [0.2, 0.25) is 0 Å². The number of ether oxygens (including phenoxy) is 1. The molecule has 0 aliphatic heterocycles. The van der Waals surface area contributed by atoms with E-state index >= 15 is 0 Å². The molecule has 0 saturated carbocycles. The Balaban J connectivity index is 2.07. The summed E-state index contributed by atoms with van der Waals surface area (Å²) in [6.45, 7) is 2.48. The highest BCUT2D eigenvalue weighted by Gasteiger charge is 2.04. The molecule has 0 atom stereocenters. The Morgan fingerprint density at radius 1 is 1.65 bits per heavy atom. The highest BCUT2D eigenvalue weighted by molar-refractivity contribution is 5.64. The molecule has 3 N–H and O–H groups in total. The van der Waals surface area contributed by atoms with Gasteiger partial charge in [0.15, 0.2) is 0 Å². The Morgan fingerprint density at radius 3 is 3.24 bits per heavy atom. The summed E-state index contributed by atoms with van der Waals surface area (Å²) >= 11 is 0. The minimum atomic E-state index is -0.788. The largest absolute Gasteiger partial charge is 0.448 e. The van der Waals surface area contributed by atoms with Crippen LogP contribution in [0.3, 0.4) is 0 Å². The van der Waals surface area contributed by atoms with E-state index in [0.717, 1.165) is 11.5 Å². The Bertz CT molecular complexity index is 537. The molecule has 0 spiro atoms. The second-order valence-electron chi connectivity index (χ2n) is 3.35. The van der Waals surface area contributed by atoms with E-state index < -0.39 is 6.09 Å². The van der Waals surface area contributed by atoms with Crippen LogP contribution in [0.2, 0.25) is 0 Å². The molecule has 0 fully saturated rings. The summed E-state index contributed by atoms with van der Waals surface area (Å²) < 4.78 is 6.17. The number of hydrogen-bond acceptors (Lipinski definition) is 6. The van der Waals surface area contributed by atoms with Crippen LogP contribution in [0.4, 0.5) is 10.6 Å². The van der Waals surface area contributed by atoms with Gasteiger partial charge in [-0.2, -0.15) is 14.6 Å². The number of primary amides is 1. The van der Waals surface area contributed by atoms with Crippen LogP contribution in [0, 0.1) is 6.92 Å². The highest BCUT2D eigenvalue weighted by Crippen LogP contribution is 2.09. The fraction of sp³-hybridized carbons (Fsp3) is 0.333. The van der Waals surface area contributed by atoms with E-state index in [9.17, 15) is 4.79 Å². The zero-order valence-corrected chi connectivity index (χ0v) is 9.25. The summed E-state index contributed by atoms with van der Waals surface area (Å²) in [5.74, 6) is 1.25. The third-order valence-corrected chi connectivity index (χ3v) is 2.03. The molecule has 90 valence electrons. The molecule has 0 unspecified atom stereocenters. The number of aryl methyl sites for hydroxylation is 1. The maximum atomic E-state index is 10.4. The normalized spacial score (nSPS) is 10.4. The molecule has 8 heteroatoms. The van der Waals surface area contributed by atoms with E-state index in [0.29, 0.717) is 12.3 Å². The molecule has 2 heterocycles. The van der Waals surface area contributed by atoms with Crippen LogP contribution in [0.25, 0.3) is 5.78 Å². The molecule has 0 saturated heterocycles. The van der Waals surface area contributed by atoms with Crippen molar-refractivity contribution in [3.05, 3.63) is 18.1 Å². The van der Waals surface area contributed by atoms with Crippen LogP contribution in [-0.2, 0) is 4.74 Å². The molecule has 2 aromatic heterocycles. The number of nitrogens with zero attached hydrogens (tertiary/aromatic N) is 4. The lowest BCUT2D eigenvalue weighted by Gasteiger charge is -2.08. The lowest BCUT2D eigenvalue weighted by Crippen LogP contribution is -2.19. The zero-order valence-electron chi connectivity index (χ0n) is 9.25. The van der Waals surface area contributed by atoms with Crippen molar-refractivity contribution in [1.82, 2.24) is 19.6 Å².